The van der Waals surface area contributed by atoms with E-state index in [1.165, 1.54) is 0 Å². The molecule has 1 aliphatic heterocycles. The third-order valence-corrected chi connectivity index (χ3v) is 4.85. The molecule has 7 nitrogen and oxygen atoms in total. The third kappa shape index (κ3) is 5.08. The number of nitrogens with one attached hydrogen (secondary N) is 1. The summed E-state index contributed by atoms with van der Waals surface area (Å²) in [5.74, 6) is 0. The van der Waals surface area contributed by atoms with Gasteiger partial charge in [0.25, 0.3) is 0 Å². The number of carbonyl (C=O) groups is 1. The van der Waals surface area contributed by atoms with Crippen molar-refractivity contribution in [2.45, 2.75) is 39.0 Å². The van der Waals surface area contributed by atoms with E-state index in [2.05, 4.69) is 22.1 Å². The SMILES string of the molecule is CC1CN(C(=O)NCc2ccccc2-n2ccnc2)CCN1CC(C)(C)O. The Balaban J connectivity index is 1.57. The Morgan fingerprint density at radius 1 is 1.33 bits per heavy atom. The lowest BCUT2D eigenvalue weighted by Gasteiger charge is -2.41. The van der Waals surface area contributed by atoms with Crippen molar-refractivity contribution in [2.75, 3.05) is 26.2 Å². The largest absolute Gasteiger partial charge is 0.389 e. The van der Waals surface area contributed by atoms with Crippen molar-refractivity contribution in [3.8, 4) is 5.69 Å². The second-order valence-electron chi connectivity index (χ2n) is 7.84. The number of β-amino-alcohol motifs (C(OH)–C–C–N with tert-alkyl or cyclic N) is 1. The molecule has 1 saturated heterocycles. The van der Waals surface area contributed by atoms with E-state index in [-0.39, 0.29) is 12.1 Å². The number of aliphatic hydroxyl groups is 1. The summed E-state index contributed by atoms with van der Waals surface area (Å²) in [6.45, 7) is 8.89. The lowest BCUT2D eigenvalue weighted by Crippen LogP contribution is -2.58. The summed E-state index contributed by atoms with van der Waals surface area (Å²) in [6, 6.07) is 8.14. The summed E-state index contributed by atoms with van der Waals surface area (Å²) in [4.78, 5) is 20.8. The monoisotopic (exact) mass is 371 g/mol. The number of amides is 2. The standard InChI is InChI=1S/C20H29N5O2/c1-16-13-23(10-11-24(16)14-20(2,3)27)19(26)22-12-17-6-4-5-7-18(17)25-9-8-21-15-25/h4-9,15-16,27H,10-14H2,1-3H3,(H,22,26). The van der Waals surface area contributed by atoms with Crippen molar-refractivity contribution in [3.05, 3.63) is 48.5 Å². The number of urea groups is 1. The van der Waals surface area contributed by atoms with Gasteiger partial charge >= 0.3 is 6.03 Å². The predicted molar refractivity (Wildman–Crippen MR) is 105 cm³/mol. The Labute approximate surface area is 160 Å². The summed E-state index contributed by atoms with van der Waals surface area (Å²) >= 11 is 0. The molecule has 2 N–H and O–H groups in total. The van der Waals surface area contributed by atoms with Gasteiger partial charge in [-0.05, 0) is 32.4 Å². The third-order valence-electron chi connectivity index (χ3n) is 4.85. The van der Waals surface area contributed by atoms with Crippen LogP contribution in [0.2, 0.25) is 0 Å². The molecular formula is C20H29N5O2. The maximum Gasteiger partial charge on any atom is 0.317 e. The summed E-state index contributed by atoms with van der Waals surface area (Å²) < 4.78 is 1.94. The Morgan fingerprint density at radius 2 is 2.11 bits per heavy atom. The molecule has 1 aromatic heterocycles. The average molecular weight is 371 g/mol. The molecular weight excluding hydrogens is 342 g/mol. The van der Waals surface area contributed by atoms with Gasteiger partial charge in [-0.2, -0.15) is 0 Å². The number of para-hydroxylation sites is 1. The van der Waals surface area contributed by atoms with Gasteiger partial charge in [0.1, 0.15) is 0 Å². The zero-order valence-electron chi connectivity index (χ0n) is 16.3. The van der Waals surface area contributed by atoms with Crippen molar-refractivity contribution in [1.82, 2.24) is 24.7 Å². The molecule has 146 valence electrons. The zero-order valence-corrected chi connectivity index (χ0v) is 16.3. The fourth-order valence-electron chi connectivity index (χ4n) is 3.51. The molecule has 3 rings (SSSR count). The predicted octanol–water partition coefficient (Wildman–Crippen LogP) is 1.86. The van der Waals surface area contributed by atoms with Crippen LogP contribution in [0.3, 0.4) is 0 Å². The molecule has 0 bridgehead atoms. The minimum atomic E-state index is -0.726. The van der Waals surface area contributed by atoms with Gasteiger partial charge in [-0.3, -0.25) is 4.90 Å². The molecule has 1 aromatic carbocycles. The summed E-state index contributed by atoms with van der Waals surface area (Å²) in [6.07, 6.45) is 5.39. The van der Waals surface area contributed by atoms with Gasteiger partial charge in [0.15, 0.2) is 0 Å². The first kappa shape index (κ1) is 19.4. The molecule has 0 spiro atoms. The van der Waals surface area contributed by atoms with Crippen LogP contribution in [0.25, 0.3) is 5.69 Å². The molecule has 2 heterocycles. The van der Waals surface area contributed by atoms with Crippen LogP contribution in [0.15, 0.2) is 43.0 Å². The maximum absolute atomic E-state index is 12.6. The van der Waals surface area contributed by atoms with Crippen LogP contribution in [0.4, 0.5) is 4.79 Å². The van der Waals surface area contributed by atoms with Crippen LogP contribution >= 0.6 is 0 Å². The highest BCUT2D eigenvalue weighted by atomic mass is 16.3. The Morgan fingerprint density at radius 3 is 2.78 bits per heavy atom. The Kier molecular flexibility index (Phi) is 5.82. The van der Waals surface area contributed by atoms with Crippen LogP contribution < -0.4 is 5.32 Å². The summed E-state index contributed by atoms with van der Waals surface area (Å²) in [5.41, 5.74) is 1.33. The average Bonchev–Trinajstić information content (AvgIpc) is 3.15. The molecule has 0 radical (unpaired) electrons. The molecule has 27 heavy (non-hydrogen) atoms. The number of hydrogen-bond acceptors (Lipinski definition) is 4. The van der Waals surface area contributed by atoms with Crippen molar-refractivity contribution in [2.24, 2.45) is 0 Å². The first-order valence-electron chi connectivity index (χ1n) is 9.39. The van der Waals surface area contributed by atoms with Gasteiger partial charge in [0, 0.05) is 51.2 Å². The van der Waals surface area contributed by atoms with E-state index in [0.29, 0.717) is 26.2 Å². The smallest absolute Gasteiger partial charge is 0.317 e. The van der Waals surface area contributed by atoms with E-state index < -0.39 is 5.60 Å². The second-order valence-corrected chi connectivity index (χ2v) is 7.84. The van der Waals surface area contributed by atoms with E-state index in [1.54, 1.807) is 12.5 Å². The van der Waals surface area contributed by atoms with Gasteiger partial charge in [0.2, 0.25) is 0 Å². The van der Waals surface area contributed by atoms with Crippen molar-refractivity contribution < 1.29 is 9.90 Å². The fourth-order valence-corrected chi connectivity index (χ4v) is 3.51. The molecule has 0 aliphatic carbocycles. The quantitative estimate of drug-likeness (QED) is 0.841. The summed E-state index contributed by atoms with van der Waals surface area (Å²) in [5, 5.41) is 13.1. The molecule has 7 heteroatoms. The van der Waals surface area contributed by atoms with E-state index in [1.807, 2.05) is 53.8 Å². The molecule has 1 unspecified atom stereocenters. The first-order chi connectivity index (χ1) is 12.8. The van der Waals surface area contributed by atoms with Gasteiger partial charge < -0.3 is 19.9 Å². The highest BCUT2D eigenvalue weighted by Gasteiger charge is 2.29. The second kappa shape index (κ2) is 8.10. The number of carbonyl (C=O) groups excluding carboxylic acids is 1. The van der Waals surface area contributed by atoms with Crippen LogP contribution in [0, 0.1) is 0 Å². The van der Waals surface area contributed by atoms with Crippen LogP contribution in [-0.2, 0) is 6.54 Å². The van der Waals surface area contributed by atoms with Gasteiger partial charge in [-0.25, -0.2) is 9.78 Å². The number of benzene rings is 1. The van der Waals surface area contributed by atoms with Crippen molar-refractivity contribution >= 4 is 6.03 Å². The molecule has 2 amide bonds. The number of piperazine rings is 1. The van der Waals surface area contributed by atoms with E-state index in [9.17, 15) is 9.90 Å². The lowest BCUT2D eigenvalue weighted by molar-refractivity contribution is 0.00291. The lowest BCUT2D eigenvalue weighted by atomic mass is 10.1. The first-order valence-corrected chi connectivity index (χ1v) is 9.39. The molecule has 1 atom stereocenters. The minimum Gasteiger partial charge on any atom is -0.389 e. The molecule has 2 aromatic rings. The van der Waals surface area contributed by atoms with E-state index in [0.717, 1.165) is 17.8 Å². The normalized spacial score (nSPS) is 18.5. The molecule has 1 aliphatic rings. The molecule has 0 saturated carbocycles. The highest BCUT2D eigenvalue weighted by molar-refractivity contribution is 5.74. The number of hydrogen-bond donors (Lipinski definition) is 2. The Hall–Kier alpha value is -2.38. The van der Waals surface area contributed by atoms with Gasteiger partial charge in [-0.1, -0.05) is 18.2 Å². The highest BCUT2D eigenvalue weighted by Crippen LogP contribution is 2.16. The fraction of sp³-hybridized carbons (Fsp3) is 0.500. The number of nitrogens with zero attached hydrogens (tertiary/aromatic N) is 4. The van der Waals surface area contributed by atoms with Crippen molar-refractivity contribution in [3.63, 3.8) is 0 Å². The van der Waals surface area contributed by atoms with Crippen molar-refractivity contribution in [1.29, 1.82) is 0 Å². The van der Waals surface area contributed by atoms with E-state index in [4.69, 9.17) is 0 Å². The maximum atomic E-state index is 12.6. The summed E-state index contributed by atoms with van der Waals surface area (Å²) in [7, 11) is 0. The van der Waals surface area contributed by atoms with Crippen LogP contribution in [0.1, 0.15) is 26.3 Å². The number of imidazole rings is 1. The molecule has 1 fully saturated rings. The number of aromatic nitrogens is 2. The Bertz CT molecular complexity index is 754. The van der Waals surface area contributed by atoms with Gasteiger partial charge in [0.05, 0.1) is 17.6 Å². The van der Waals surface area contributed by atoms with Gasteiger partial charge in [-0.15, -0.1) is 0 Å². The topological polar surface area (TPSA) is 73.6 Å². The number of rotatable bonds is 5. The van der Waals surface area contributed by atoms with E-state index >= 15 is 0 Å². The zero-order chi connectivity index (χ0) is 19.4. The minimum absolute atomic E-state index is 0.0507. The van der Waals surface area contributed by atoms with Crippen LogP contribution in [-0.4, -0.2) is 68.3 Å². The van der Waals surface area contributed by atoms with Crippen LogP contribution in [0.5, 0.6) is 0 Å².